The van der Waals surface area contributed by atoms with Gasteiger partial charge in [0.05, 0.1) is 23.7 Å². The summed E-state index contributed by atoms with van der Waals surface area (Å²) in [6.45, 7) is 0. The van der Waals surface area contributed by atoms with Crippen molar-refractivity contribution in [1.29, 1.82) is 0 Å². The van der Waals surface area contributed by atoms with Crippen LogP contribution in [0.2, 0.25) is 0 Å². The number of aromatic nitrogens is 2. The van der Waals surface area contributed by atoms with E-state index in [2.05, 4.69) is 15.3 Å². The number of amides is 1. The average molecular weight is 326 g/mol. The van der Waals surface area contributed by atoms with Crippen molar-refractivity contribution in [2.45, 2.75) is 6.42 Å². The molecule has 6 nitrogen and oxygen atoms in total. The lowest BCUT2D eigenvalue weighted by Gasteiger charge is -2.22. The summed E-state index contributed by atoms with van der Waals surface area (Å²) in [4.78, 5) is 34.1. The van der Waals surface area contributed by atoms with Crippen LogP contribution in [-0.4, -0.2) is 35.8 Å². The van der Waals surface area contributed by atoms with Crippen molar-refractivity contribution in [3.63, 3.8) is 0 Å². The lowest BCUT2D eigenvalue weighted by Crippen LogP contribution is -2.32. The smallest absolute Gasteiger partial charge is 0.261 e. The molecule has 1 aliphatic rings. The Kier molecular flexibility index (Phi) is 4.07. The van der Waals surface area contributed by atoms with Gasteiger partial charge in [-0.1, -0.05) is 0 Å². The van der Waals surface area contributed by atoms with Crippen LogP contribution in [0.5, 0.6) is 0 Å². The molecule has 0 fully saturated rings. The molecule has 1 N–H and O–H groups in total. The summed E-state index contributed by atoms with van der Waals surface area (Å²) in [7, 11) is 3.20. The van der Waals surface area contributed by atoms with Gasteiger partial charge >= 0.3 is 0 Å². The molecule has 2 aromatic rings. The van der Waals surface area contributed by atoms with Gasteiger partial charge in [-0.2, -0.15) is 0 Å². The summed E-state index contributed by atoms with van der Waals surface area (Å²) in [6, 6.07) is 2.65. The lowest BCUT2D eigenvalue weighted by atomic mass is 9.89. The van der Waals surface area contributed by atoms with Gasteiger partial charge < -0.3 is 10.2 Å². The number of rotatable bonds is 3. The molecule has 1 heterocycles. The molecule has 0 saturated heterocycles. The lowest BCUT2D eigenvalue weighted by molar-refractivity contribution is -0.120. The van der Waals surface area contributed by atoms with Crippen LogP contribution in [-0.2, 0) is 16.0 Å². The molecule has 0 radical (unpaired) electrons. The molecule has 3 rings (SSSR count). The molecule has 0 atom stereocenters. The number of nitrogens with zero attached hydrogens (tertiary/aromatic N) is 3. The van der Waals surface area contributed by atoms with Crippen molar-refractivity contribution in [3.8, 4) is 0 Å². The van der Waals surface area contributed by atoms with Crippen LogP contribution in [0.25, 0.3) is 6.08 Å². The number of carbonyl (C=O) groups excluding carboxylic acids is 2. The Bertz CT molecular complexity index is 849. The van der Waals surface area contributed by atoms with E-state index >= 15 is 0 Å². The van der Waals surface area contributed by atoms with Gasteiger partial charge in [0.15, 0.2) is 5.78 Å². The zero-order valence-electron chi connectivity index (χ0n) is 13.2. The fraction of sp³-hybridized carbons (Fsp3) is 0.176. The van der Waals surface area contributed by atoms with E-state index in [0.29, 0.717) is 22.5 Å². The van der Waals surface area contributed by atoms with Crippen LogP contribution in [0.1, 0.15) is 11.1 Å². The van der Waals surface area contributed by atoms with Crippen molar-refractivity contribution in [2.75, 3.05) is 24.3 Å². The molecule has 122 valence electrons. The first-order chi connectivity index (χ1) is 11.5. The summed E-state index contributed by atoms with van der Waals surface area (Å²) in [5.41, 5.74) is 2.25. The highest BCUT2D eigenvalue weighted by molar-refractivity contribution is 6.28. The summed E-state index contributed by atoms with van der Waals surface area (Å²) in [5.74, 6) is -1.21. The maximum Gasteiger partial charge on any atom is 0.261 e. The fourth-order valence-electron chi connectivity index (χ4n) is 2.64. The van der Waals surface area contributed by atoms with Crippen LogP contribution < -0.4 is 10.2 Å². The molecule has 0 bridgehead atoms. The molecular weight excluding hydrogens is 311 g/mol. The number of likely N-dealkylation sites (N-methyl/N-ethyl adjacent to an activating group) is 1. The van der Waals surface area contributed by atoms with Gasteiger partial charge in [0.25, 0.3) is 5.91 Å². The van der Waals surface area contributed by atoms with Crippen LogP contribution in [0, 0.1) is 5.82 Å². The Morgan fingerprint density at radius 2 is 2.00 bits per heavy atom. The molecule has 0 spiro atoms. The number of halogens is 1. The second kappa shape index (κ2) is 6.19. The topological polar surface area (TPSA) is 75.2 Å². The van der Waals surface area contributed by atoms with Gasteiger partial charge in [0, 0.05) is 26.2 Å². The zero-order chi connectivity index (χ0) is 17.3. The Morgan fingerprint density at radius 3 is 2.67 bits per heavy atom. The molecule has 7 heteroatoms. The van der Waals surface area contributed by atoms with Crippen LogP contribution in [0.15, 0.2) is 36.4 Å². The van der Waals surface area contributed by atoms with Gasteiger partial charge in [-0.25, -0.2) is 14.4 Å². The third-order valence-electron chi connectivity index (χ3n) is 3.93. The summed E-state index contributed by atoms with van der Waals surface area (Å²) in [5, 5.41) is 2.88. The van der Waals surface area contributed by atoms with E-state index in [1.807, 2.05) is 0 Å². The molecule has 24 heavy (non-hydrogen) atoms. The number of Topliss-reactive ketones (excluding diaryl/α,β-unsaturated/α-hetero) is 1. The van der Waals surface area contributed by atoms with Gasteiger partial charge in [-0.05, 0) is 29.3 Å². The van der Waals surface area contributed by atoms with E-state index in [1.54, 1.807) is 7.05 Å². The normalized spacial score (nSPS) is 13.1. The highest BCUT2D eigenvalue weighted by Crippen LogP contribution is 2.30. The number of hydrogen-bond donors (Lipinski definition) is 1. The minimum Gasteiger partial charge on any atom is -0.388 e. The summed E-state index contributed by atoms with van der Waals surface area (Å²) >= 11 is 0. The van der Waals surface area contributed by atoms with Gasteiger partial charge in [0.2, 0.25) is 0 Å². The Morgan fingerprint density at radius 1 is 1.29 bits per heavy atom. The van der Waals surface area contributed by atoms with E-state index < -0.39 is 11.7 Å². The van der Waals surface area contributed by atoms with Crippen molar-refractivity contribution >= 4 is 29.1 Å². The molecule has 0 saturated carbocycles. The van der Waals surface area contributed by atoms with Crippen LogP contribution in [0.4, 0.5) is 15.8 Å². The van der Waals surface area contributed by atoms with Crippen LogP contribution in [0.3, 0.4) is 0 Å². The number of nitrogens with one attached hydrogen (secondary N) is 1. The van der Waals surface area contributed by atoms with Gasteiger partial charge in [-0.15, -0.1) is 0 Å². The van der Waals surface area contributed by atoms with Gasteiger partial charge in [0.1, 0.15) is 12.1 Å². The zero-order valence-corrected chi connectivity index (χ0v) is 13.2. The monoisotopic (exact) mass is 326 g/mol. The summed E-state index contributed by atoms with van der Waals surface area (Å²) < 4.78 is 13.7. The first kappa shape index (κ1) is 15.8. The minimum atomic E-state index is -0.476. The van der Waals surface area contributed by atoms with E-state index in [4.69, 9.17) is 0 Å². The quantitative estimate of drug-likeness (QED) is 0.871. The number of ketones is 1. The first-order valence-corrected chi connectivity index (χ1v) is 7.29. The van der Waals surface area contributed by atoms with Crippen molar-refractivity contribution < 1.29 is 14.0 Å². The van der Waals surface area contributed by atoms with E-state index in [0.717, 1.165) is 0 Å². The maximum absolute atomic E-state index is 13.7. The summed E-state index contributed by atoms with van der Waals surface area (Å²) in [6.07, 6.45) is 5.79. The second-order valence-corrected chi connectivity index (χ2v) is 5.39. The maximum atomic E-state index is 13.7. The average Bonchev–Trinajstić information content (AvgIpc) is 2.60. The third kappa shape index (κ3) is 2.76. The molecule has 0 unspecified atom stereocenters. The molecule has 0 aliphatic heterocycles. The third-order valence-corrected chi connectivity index (χ3v) is 3.93. The molecule has 1 aromatic carbocycles. The number of anilines is 2. The number of fused-ring (bicyclic) bond motifs is 1. The van der Waals surface area contributed by atoms with Gasteiger partial charge in [-0.3, -0.25) is 9.59 Å². The van der Waals surface area contributed by atoms with E-state index in [-0.39, 0.29) is 17.8 Å². The largest absolute Gasteiger partial charge is 0.388 e. The Balaban J connectivity index is 2.01. The molecule has 1 aliphatic carbocycles. The van der Waals surface area contributed by atoms with Crippen molar-refractivity contribution in [1.82, 2.24) is 9.97 Å². The van der Waals surface area contributed by atoms with Crippen molar-refractivity contribution in [2.24, 2.45) is 0 Å². The number of benzene rings is 1. The predicted molar refractivity (Wildman–Crippen MR) is 88.1 cm³/mol. The highest BCUT2D eigenvalue weighted by atomic mass is 19.1. The predicted octanol–water partition coefficient (Wildman–Crippen LogP) is 1.83. The standard InChI is InChI=1S/C17H15FN4O2/c1-19-15-5-11(18)3-10-4-14(16(23)6-13(10)15)17(24)22(2)12-7-20-9-21-8-12/h3-5,7-9,19H,6H2,1-2H3. The second-order valence-electron chi connectivity index (χ2n) is 5.39. The SMILES string of the molecule is CNc1cc(F)cc2c1CC(=O)C(C(=O)N(C)c1cncnc1)=C2. The molecular formula is C17H15FN4O2. The van der Waals surface area contributed by atoms with Crippen molar-refractivity contribution in [3.05, 3.63) is 53.4 Å². The number of carbonyl (C=O) groups is 2. The minimum absolute atomic E-state index is 0.0153. The van der Waals surface area contributed by atoms with E-state index in [1.165, 1.54) is 48.9 Å². The molecule has 1 aromatic heterocycles. The Labute approximate surface area is 138 Å². The Hall–Kier alpha value is -3.09. The molecule has 1 amide bonds. The highest BCUT2D eigenvalue weighted by Gasteiger charge is 2.28. The van der Waals surface area contributed by atoms with Crippen LogP contribution >= 0.6 is 0 Å². The van der Waals surface area contributed by atoms with E-state index in [9.17, 15) is 14.0 Å². The fourth-order valence-corrected chi connectivity index (χ4v) is 2.64. The number of hydrogen-bond acceptors (Lipinski definition) is 5. The first-order valence-electron chi connectivity index (χ1n) is 7.29.